The maximum atomic E-state index is 12.1. The number of thiocarbonyl (C=S) groups is 1. The second-order valence-corrected chi connectivity index (χ2v) is 7.19. The number of thiazole rings is 1. The predicted molar refractivity (Wildman–Crippen MR) is 114 cm³/mol. The van der Waals surface area contributed by atoms with E-state index in [0.29, 0.717) is 27.9 Å². The van der Waals surface area contributed by atoms with Crippen molar-refractivity contribution >= 4 is 49.9 Å². The highest BCUT2D eigenvalue weighted by Gasteiger charge is 2.13. The Kier molecular flexibility index (Phi) is 6.27. The van der Waals surface area contributed by atoms with Crippen molar-refractivity contribution in [1.29, 1.82) is 0 Å². The lowest BCUT2D eigenvalue weighted by molar-refractivity contribution is -0.121. The molecule has 0 bridgehead atoms. The number of aryl methyl sites for hydroxylation is 1. The van der Waals surface area contributed by atoms with Crippen molar-refractivity contribution in [3.05, 3.63) is 42.0 Å². The predicted octanol–water partition coefficient (Wildman–Crippen LogP) is 3.51. The number of fused-ring (bicyclic) bond motifs is 1. The lowest BCUT2D eigenvalue weighted by Crippen LogP contribution is -2.37. The third-order valence-corrected chi connectivity index (χ3v) is 4.94. The summed E-state index contributed by atoms with van der Waals surface area (Å²) >= 11 is 6.57. The number of aromatic nitrogens is 1. The van der Waals surface area contributed by atoms with E-state index in [2.05, 4.69) is 15.6 Å². The molecule has 0 aliphatic rings. The van der Waals surface area contributed by atoms with Gasteiger partial charge in [0.05, 0.1) is 18.9 Å². The number of hydrogen-bond donors (Lipinski definition) is 2. The van der Waals surface area contributed by atoms with E-state index in [1.807, 2.05) is 37.3 Å². The highest BCUT2D eigenvalue weighted by atomic mass is 32.1. The van der Waals surface area contributed by atoms with Crippen LogP contribution in [0.15, 0.2) is 36.4 Å². The number of amides is 1. The molecule has 0 saturated carbocycles. The molecule has 28 heavy (non-hydrogen) atoms. The van der Waals surface area contributed by atoms with Gasteiger partial charge in [-0.25, -0.2) is 4.98 Å². The van der Waals surface area contributed by atoms with Gasteiger partial charge in [0, 0.05) is 6.07 Å². The van der Waals surface area contributed by atoms with Crippen LogP contribution in [-0.2, 0) is 4.79 Å². The molecule has 1 heterocycles. The molecule has 0 atom stereocenters. The number of rotatable bonds is 6. The zero-order valence-corrected chi connectivity index (χ0v) is 17.2. The minimum Gasteiger partial charge on any atom is -0.497 e. The van der Waals surface area contributed by atoms with Gasteiger partial charge >= 0.3 is 0 Å². The summed E-state index contributed by atoms with van der Waals surface area (Å²) in [6, 6.07) is 11.1. The van der Waals surface area contributed by atoms with Gasteiger partial charge in [-0.05, 0) is 36.8 Å². The summed E-state index contributed by atoms with van der Waals surface area (Å²) in [7, 11) is 3.16. The van der Waals surface area contributed by atoms with Gasteiger partial charge in [0.2, 0.25) is 0 Å². The van der Waals surface area contributed by atoms with Crippen molar-refractivity contribution in [2.24, 2.45) is 0 Å². The lowest BCUT2D eigenvalue weighted by atomic mass is 10.2. The fourth-order valence-corrected chi connectivity index (χ4v) is 3.65. The van der Waals surface area contributed by atoms with Crippen LogP contribution >= 0.6 is 23.6 Å². The van der Waals surface area contributed by atoms with E-state index in [-0.39, 0.29) is 17.6 Å². The molecule has 3 rings (SSSR count). The molecule has 0 fully saturated rings. The van der Waals surface area contributed by atoms with Gasteiger partial charge in [-0.3, -0.25) is 10.1 Å². The number of para-hydroxylation sites is 1. The molecule has 9 heteroatoms. The molecule has 2 N–H and O–H groups in total. The smallest absolute Gasteiger partial charge is 0.264 e. The van der Waals surface area contributed by atoms with E-state index in [9.17, 15) is 4.79 Å². The molecule has 0 unspecified atom stereocenters. The number of nitrogens with zero attached hydrogens (tertiary/aromatic N) is 1. The normalized spacial score (nSPS) is 10.4. The van der Waals surface area contributed by atoms with Gasteiger partial charge in [0.15, 0.2) is 16.9 Å². The van der Waals surface area contributed by atoms with Crippen molar-refractivity contribution in [3.63, 3.8) is 0 Å². The standard InChI is InChI=1S/C19H19N3O4S2/c1-11-6-4-5-7-13(11)26-10-16(23)20-18(27)22-19-21-17-14(25-3)8-12(24-2)9-15(17)28-19/h4-9H,10H2,1-3H3,(H2,20,21,22,23,27). The first-order valence-electron chi connectivity index (χ1n) is 8.32. The van der Waals surface area contributed by atoms with E-state index >= 15 is 0 Å². The molecular weight excluding hydrogens is 398 g/mol. The Labute approximate surface area is 171 Å². The number of benzene rings is 2. The van der Waals surface area contributed by atoms with E-state index in [1.54, 1.807) is 20.3 Å². The molecule has 0 saturated heterocycles. The zero-order valence-electron chi connectivity index (χ0n) is 15.6. The summed E-state index contributed by atoms with van der Waals surface area (Å²) in [5.41, 5.74) is 1.64. The minimum absolute atomic E-state index is 0.141. The number of ether oxygens (including phenoxy) is 3. The number of methoxy groups -OCH3 is 2. The van der Waals surface area contributed by atoms with Crippen LogP contribution < -0.4 is 24.8 Å². The van der Waals surface area contributed by atoms with Crippen LogP contribution in [0.3, 0.4) is 0 Å². The molecule has 0 aliphatic carbocycles. The van der Waals surface area contributed by atoms with Crippen molar-refractivity contribution in [2.45, 2.75) is 6.92 Å². The molecule has 0 spiro atoms. The number of hydrogen-bond acceptors (Lipinski definition) is 7. The fourth-order valence-electron chi connectivity index (χ4n) is 2.45. The van der Waals surface area contributed by atoms with Crippen molar-refractivity contribution < 1.29 is 19.0 Å². The fraction of sp³-hybridized carbons (Fsp3) is 0.211. The average molecular weight is 418 g/mol. The third kappa shape index (κ3) is 4.68. The number of anilines is 1. The summed E-state index contributed by atoms with van der Waals surface area (Å²) in [5.74, 6) is 1.56. The number of nitrogens with one attached hydrogen (secondary N) is 2. The number of carbonyl (C=O) groups excluding carboxylic acids is 1. The first-order valence-corrected chi connectivity index (χ1v) is 9.54. The highest BCUT2D eigenvalue weighted by Crippen LogP contribution is 2.36. The zero-order chi connectivity index (χ0) is 20.1. The van der Waals surface area contributed by atoms with Gasteiger partial charge < -0.3 is 19.5 Å². The Hall–Kier alpha value is -2.91. The molecule has 1 amide bonds. The summed E-state index contributed by atoms with van der Waals surface area (Å²) in [6.45, 7) is 1.77. The van der Waals surface area contributed by atoms with Gasteiger partial charge in [-0.1, -0.05) is 29.5 Å². The first kappa shape index (κ1) is 19.8. The van der Waals surface area contributed by atoms with Crippen LogP contribution in [0.2, 0.25) is 0 Å². The Bertz CT molecular complexity index is 1020. The molecule has 3 aromatic rings. The van der Waals surface area contributed by atoms with Crippen LogP contribution in [0.1, 0.15) is 5.56 Å². The molecular formula is C19H19N3O4S2. The lowest BCUT2D eigenvalue weighted by Gasteiger charge is -2.10. The van der Waals surface area contributed by atoms with E-state index < -0.39 is 0 Å². The SMILES string of the molecule is COc1cc(OC)c2nc(NC(=S)NC(=O)COc3ccccc3C)sc2c1. The largest absolute Gasteiger partial charge is 0.497 e. The van der Waals surface area contributed by atoms with Crippen LogP contribution in [0, 0.1) is 6.92 Å². The minimum atomic E-state index is -0.360. The van der Waals surface area contributed by atoms with Crippen LogP contribution in [-0.4, -0.2) is 36.8 Å². The van der Waals surface area contributed by atoms with Crippen LogP contribution in [0.5, 0.6) is 17.2 Å². The topological polar surface area (TPSA) is 81.7 Å². The third-order valence-electron chi connectivity index (χ3n) is 3.81. The second kappa shape index (κ2) is 8.85. The summed E-state index contributed by atoms with van der Waals surface area (Å²) in [6.07, 6.45) is 0. The Morgan fingerprint density at radius 1 is 1.18 bits per heavy atom. The highest BCUT2D eigenvalue weighted by molar-refractivity contribution is 7.80. The first-order chi connectivity index (χ1) is 13.5. The summed E-state index contributed by atoms with van der Waals surface area (Å²) in [4.78, 5) is 16.5. The van der Waals surface area contributed by atoms with E-state index in [1.165, 1.54) is 11.3 Å². The van der Waals surface area contributed by atoms with Gasteiger partial charge in [0.25, 0.3) is 5.91 Å². The summed E-state index contributed by atoms with van der Waals surface area (Å²) in [5, 5.41) is 6.17. The average Bonchev–Trinajstić information content (AvgIpc) is 3.08. The molecule has 1 aromatic heterocycles. The molecule has 7 nitrogen and oxygen atoms in total. The molecule has 146 valence electrons. The Morgan fingerprint density at radius 2 is 1.96 bits per heavy atom. The van der Waals surface area contributed by atoms with Gasteiger partial charge in [-0.2, -0.15) is 0 Å². The van der Waals surface area contributed by atoms with Crippen molar-refractivity contribution in [3.8, 4) is 17.2 Å². The number of carbonyl (C=O) groups is 1. The van der Waals surface area contributed by atoms with Crippen LogP contribution in [0.25, 0.3) is 10.2 Å². The van der Waals surface area contributed by atoms with E-state index in [0.717, 1.165) is 10.3 Å². The van der Waals surface area contributed by atoms with E-state index in [4.69, 9.17) is 26.4 Å². The van der Waals surface area contributed by atoms with Crippen molar-refractivity contribution in [2.75, 3.05) is 26.1 Å². The monoisotopic (exact) mass is 417 g/mol. The van der Waals surface area contributed by atoms with Crippen LogP contribution in [0.4, 0.5) is 5.13 Å². The summed E-state index contributed by atoms with van der Waals surface area (Å²) < 4.78 is 17.0. The Morgan fingerprint density at radius 3 is 2.68 bits per heavy atom. The molecule has 0 aliphatic heterocycles. The van der Waals surface area contributed by atoms with Gasteiger partial charge in [0.1, 0.15) is 22.8 Å². The quantitative estimate of drug-likeness (QED) is 0.594. The van der Waals surface area contributed by atoms with Crippen molar-refractivity contribution in [1.82, 2.24) is 10.3 Å². The molecule has 2 aromatic carbocycles. The Balaban J connectivity index is 1.61. The second-order valence-electron chi connectivity index (χ2n) is 5.75. The maximum absolute atomic E-state index is 12.1. The van der Waals surface area contributed by atoms with Gasteiger partial charge in [-0.15, -0.1) is 0 Å². The molecule has 0 radical (unpaired) electrons. The maximum Gasteiger partial charge on any atom is 0.264 e.